The molecule has 14 heteroatoms. The molecule has 2 saturated heterocycles. The van der Waals surface area contributed by atoms with Crippen LogP contribution < -0.4 is 20.3 Å². The summed E-state index contributed by atoms with van der Waals surface area (Å²) in [4.78, 5) is 72.9. The summed E-state index contributed by atoms with van der Waals surface area (Å²) in [6.45, 7) is 12.4. The molecule has 4 heterocycles. The number of amides is 3. The van der Waals surface area contributed by atoms with Gasteiger partial charge in [0.2, 0.25) is 11.8 Å². The van der Waals surface area contributed by atoms with Crippen LogP contribution in [-0.2, 0) is 16.0 Å². The topological polar surface area (TPSA) is 162 Å². The Balaban J connectivity index is 0.811. The lowest BCUT2D eigenvalue weighted by Crippen LogP contribution is -2.42. The number of hydrogen-bond donors (Lipinski definition) is 2. The normalized spacial score (nSPS) is 24.5. The van der Waals surface area contributed by atoms with Gasteiger partial charge in [0.1, 0.15) is 23.3 Å². The summed E-state index contributed by atoms with van der Waals surface area (Å²) in [6, 6.07) is 12.0. The predicted molar refractivity (Wildman–Crippen MR) is 245 cm³/mol. The number of carbonyl (C=O) groups excluding carboxylic acids is 5. The molecule has 2 aromatic carbocycles. The van der Waals surface area contributed by atoms with Crippen LogP contribution in [0.4, 0.5) is 10.1 Å². The lowest BCUT2D eigenvalue weighted by atomic mass is 9.85. The number of ether oxygens (including phenoxy) is 1. The minimum atomic E-state index is -0.920. The molecule has 2 aliphatic carbocycles. The molecule has 5 aliphatic rings. The van der Waals surface area contributed by atoms with Crippen molar-refractivity contribution in [2.45, 2.75) is 95.7 Å². The van der Waals surface area contributed by atoms with Gasteiger partial charge in [-0.25, -0.2) is 4.39 Å². The molecule has 0 spiro atoms. The molecular formula is C51H54ClFN6O6. The van der Waals surface area contributed by atoms with E-state index in [1.165, 1.54) is 18.6 Å². The highest BCUT2D eigenvalue weighted by Crippen LogP contribution is 2.43. The Labute approximate surface area is 383 Å². The Morgan fingerprint density at radius 1 is 1.03 bits per heavy atom. The number of carbonyl (C=O) groups is 5. The fourth-order valence-electron chi connectivity index (χ4n) is 10.5. The van der Waals surface area contributed by atoms with Crippen molar-refractivity contribution in [3.63, 3.8) is 0 Å². The van der Waals surface area contributed by atoms with E-state index in [2.05, 4.69) is 45.8 Å². The first kappa shape index (κ1) is 45.6. The molecule has 338 valence electrons. The molecule has 3 aliphatic heterocycles. The van der Waals surface area contributed by atoms with E-state index in [4.69, 9.17) is 21.6 Å². The second-order valence-electron chi connectivity index (χ2n) is 18.2. The summed E-state index contributed by atoms with van der Waals surface area (Å²) in [5.41, 5.74) is 4.23. The van der Waals surface area contributed by atoms with Crippen molar-refractivity contribution in [2.75, 3.05) is 31.1 Å². The number of hydrogen-bond acceptors (Lipinski definition) is 10. The summed E-state index contributed by atoms with van der Waals surface area (Å²) in [5.74, 6) is -2.45. The van der Waals surface area contributed by atoms with Gasteiger partial charge in [0.05, 0.1) is 28.3 Å². The van der Waals surface area contributed by atoms with Crippen LogP contribution in [0.5, 0.6) is 5.75 Å². The highest BCUT2D eigenvalue weighted by atomic mass is 35.5. The maximum absolute atomic E-state index is 15.9. The van der Waals surface area contributed by atoms with Gasteiger partial charge >= 0.3 is 0 Å². The van der Waals surface area contributed by atoms with E-state index in [-0.39, 0.29) is 53.4 Å². The van der Waals surface area contributed by atoms with Crippen LogP contribution in [0.1, 0.15) is 119 Å². The predicted octanol–water partition coefficient (Wildman–Crippen LogP) is 7.98. The molecule has 3 atom stereocenters. The van der Waals surface area contributed by atoms with Gasteiger partial charge in [0.15, 0.2) is 11.6 Å². The number of ketones is 2. The molecule has 4 fully saturated rings. The van der Waals surface area contributed by atoms with Gasteiger partial charge in [0.25, 0.3) is 5.91 Å². The van der Waals surface area contributed by atoms with Crippen LogP contribution in [0.2, 0.25) is 5.02 Å². The molecule has 3 aromatic rings. The van der Waals surface area contributed by atoms with Gasteiger partial charge < -0.3 is 15.0 Å². The molecule has 2 N–H and O–H groups in total. The van der Waals surface area contributed by atoms with E-state index >= 15 is 4.39 Å². The number of nitrogens with one attached hydrogen (secondary N) is 2. The van der Waals surface area contributed by atoms with Crippen LogP contribution in [-0.4, -0.2) is 83.5 Å². The molecule has 3 unspecified atom stereocenters. The third-order valence-corrected chi connectivity index (χ3v) is 14.4. The number of piperidine rings is 1. The first-order chi connectivity index (χ1) is 31.3. The number of nitriles is 1. The maximum Gasteiger partial charge on any atom is 0.270 e. The lowest BCUT2D eigenvalue weighted by Gasteiger charge is -2.30. The fourth-order valence-corrected chi connectivity index (χ4v) is 10.7. The van der Waals surface area contributed by atoms with Crippen LogP contribution in [0.25, 0.3) is 6.08 Å². The number of rotatable bonds is 13. The quantitative estimate of drug-likeness (QED) is 0.0745. The molecule has 2 saturated carbocycles. The van der Waals surface area contributed by atoms with Crippen molar-refractivity contribution in [3.8, 4) is 11.8 Å². The SMILES string of the molecule is C=Cc1cc(C(=O)NC2CCC(Oc3ccc(C#N)c(Cl)c3)CC2)ncc1CC1=CCCN(C2CC3CN(c4cc(C(C)=O)c(C(=O)C(=C)C5CCC(=O)NC5=O)cc4F)CC3C2)CC1. The smallest absolute Gasteiger partial charge is 0.270 e. The van der Waals surface area contributed by atoms with Crippen molar-refractivity contribution < 1.29 is 33.1 Å². The van der Waals surface area contributed by atoms with Gasteiger partial charge in [-0.2, -0.15) is 5.26 Å². The summed E-state index contributed by atoms with van der Waals surface area (Å²) in [6.07, 6.45) is 13.8. The average molecular weight is 901 g/mol. The Kier molecular flexibility index (Phi) is 13.8. The average Bonchev–Trinajstić information content (AvgIpc) is 3.78. The van der Waals surface area contributed by atoms with E-state index in [0.717, 1.165) is 88.1 Å². The van der Waals surface area contributed by atoms with Crippen molar-refractivity contribution in [3.05, 3.63) is 117 Å². The second kappa shape index (κ2) is 19.6. The number of pyridine rings is 1. The van der Waals surface area contributed by atoms with Crippen molar-refractivity contribution in [1.82, 2.24) is 20.5 Å². The number of imide groups is 1. The van der Waals surface area contributed by atoms with E-state index in [1.807, 2.05) is 11.0 Å². The fraction of sp³-hybridized carbons (Fsp3) is 0.431. The number of nitrogens with zero attached hydrogens (tertiary/aromatic N) is 4. The summed E-state index contributed by atoms with van der Waals surface area (Å²) in [5, 5.41) is 14.9. The second-order valence-corrected chi connectivity index (χ2v) is 18.6. The Bertz CT molecular complexity index is 2510. The molecule has 0 bridgehead atoms. The Hall–Kier alpha value is -5.97. The number of aromatic nitrogens is 1. The van der Waals surface area contributed by atoms with Crippen LogP contribution in [0.15, 0.2) is 73.0 Å². The van der Waals surface area contributed by atoms with Gasteiger partial charge in [-0.05, 0) is 124 Å². The third-order valence-electron chi connectivity index (χ3n) is 14.1. The van der Waals surface area contributed by atoms with Gasteiger partial charge in [-0.1, -0.05) is 42.5 Å². The molecular weight excluding hydrogens is 847 g/mol. The van der Waals surface area contributed by atoms with Crippen LogP contribution in [0, 0.1) is 34.9 Å². The minimum absolute atomic E-state index is 0.00353. The zero-order valence-corrected chi connectivity index (χ0v) is 37.4. The minimum Gasteiger partial charge on any atom is -0.490 e. The number of fused-ring (bicyclic) bond motifs is 1. The maximum atomic E-state index is 15.9. The number of Topliss-reactive ketones (excluding diaryl/α,β-unsaturated/α-hetero) is 2. The summed E-state index contributed by atoms with van der Waals surface area (Å²) >= 11 is 6.17. The molecule has 0 radical (unpaired) electrons. The van der Waals surface area contributed by atoms with E-state index in [9.17, 15) is 24.0 Å². The van der Waals surface area contributed by atoms with Crippen molar-refractivity contribution in [2.24, 2.45) is 17.8 Å². The number of halogens is 2. The summed E-state index contributed by atoms with van der Waals surface area (Å²) < 4.78 is 22.0. The van der Waals surface area contributed by atoms with E-state index < -0.39 is 29.3 Å². The molecule has 8 rings (SSSR count). The van der Waals surface area contributed by atoms with Gasteiger partial charge in [-0.3, -0.25) is 39.2 Å². The zero-order chi connectivity index (χ0) is 45.9. The third kappa shape index (κ3) is 10.1. The molecule has 3 amide bonds. The lowest BCUT2D eigenvalue weighted by molar-refractivity contribution is -0.135. The van der Waals surface area contributed by atoms with Gasteiger partial charge in [-0.15, -0.1) is 0 Å². The summed E-state index contributed by atoms with van der Waals surface area (Å²) in [7, 11) is 0. The first-order valence-corrected chi connectivity index (χ1v) is 23.0. The molecule has 65 heavy (non-hydrogen) atoms. The monoisotopic (exact) mass is 900 g/mol. The Morgan fingerprint density at radius 3 is 2.46 bits per heavy atom. The first-order valence-electron chi connectivity index (χ1n) is 22.7. The highest BCUT2D eigenvalue weighted by molar-refractivity contribution is 6.31. The Morgan fingerprint density at radius 2 is 1.78 bits per heavy atom. The van der Waals surface area contributed by atoms with Gasteiger partial charge in [0, 0.05) is 73.6 Å². The highest BCUT2D eigenvalue weighted by Gasteiger charge is 2.44. The standard InChI is InChI=1S/C51H54ClFN6O6/c1-4-32-21-46(51(64)56-37-8-11-39(12-9-37)65-40-10-7-33(25-54)44(52)22-40)55-26-34(32)18-31-6-5-16-58(17-15-31)38-19-35-27-59(28-36(35)20-38)47-24-42(30(3)60)43(23-45(47)53)49(62)29(2)41-13-14-48(61)57-50(41)63/h4,6-7,10,21-24,26,35-39,41H,1-2,5,8-9,11-20,27-28H2,3H3,(H,56,64)(H,57,61,63). The number of anilines is 1. The number of benzene rings is 2. The molecule has 1 aromatic heterocycles. The van der Waals surface area contributed by atoms with Crippen molar-refractivity contribution in [1.29, 1.82) is 5.26 Å². The molecule has 12 nitrogen and oxygen atoms in total. The zero-order valence-electron chi connectivity index (χ0n) is 36.7. The van der Waals surface area contributed by atoms with Crippen LogP contribution in [0.3, 0.4) is 0 Å². The van der Waals surface area contributed by atoms with E-state index in [0.29, 0.717) is 58.7 Å². The van der Waals surface area contributed by atoms with Crippen LogP contribution >= 0.6 is 11.6 Å². The van der Waals surface area contributed by atoms with E-state index in [1.54, 1.807) is 30.5 Å². The van der Waals surface area contributed by atoms with Crippen molar-refractivity contribution >= 4 is 52.7 Å². The largest absolute Gasteiger partial charge is 0.490 e.